The summed E-state index contributed by atoms with van der Waals surface area (Å²) in [6, 6.07) is 24.0. The number of phenols is 1. The third kappa shape index (κ3) is 4.99. The van der Waals surface area contributed by atoms with Crippen LogP contribution in [-0.2, 0) is 22.7 Å². The van der Waals surface area contributed by atoms with Crippen LogP contribution in [0.2, 0.25) is 0 Å². The maximum Gasteiger partial charge on any atom is 0.295 e. The van der Waals surface area contributed by atoms with Crippen LogP contribution in [0.5, 0.6) is 11.5 Å². The van der Waals surface area contributed by atoms with Crippen LogP contribution in [0.3, 0.4) is 0 Å². The molecule has 1 amide bonds. The topological polar surface area (TPSA) is 100.0 Å². The second kappa shape index (κ2) is 10.6. The van der Waals surface area contributed by atoms with Crippen molar-refractivity contribution in [1.82, 2.24) is 9.88 Å². The van der Waals surface area contributed by atoms with E-state index in [9.17, 15) is 19.8 Å². The Morgan fingerprint density at radius 1 is 0.947 bits per heavy atom. The summed E-state index contributed by atoms with van der Waals surface area (Å²) in [7, 11) is 0. The maximum absolute atomic E-state index is 13.3. The van der Waals surface area contributed by atoms with Crippen molar-refractivity contribution in [3.8, 4) is 11.5 Å². The molecular formula is C31H26N2O5. The number of ketones is 1. The number of rotatable bonds is 7. The van der Waals surface area contributed by atoms with Gasteiger partial charge in [-0.15, -0.1) is 0 Å². The predicted molar refractivity (Wildman–Crippen MR) is 142 cm³/mol. The number of pyridine rings is 1. The minimum Gasteiger partial charge on any atom is -0.508 e. The molecule has 0 radical (unpaired) electrons. The van der Waals surface area contributed by atoms with Gasteiger partial charge in [-0.25, -0.2) is 0 Å². The molecule has 3 aromatic carbocycles. The van der Waals surface area contributed by atoms with E-state index in [1.807, 2.05) is 43.3 Å². The Morgan fingerprint density at radius 3 is 2.37 bits per heavy atom. The summed E-state index contributed by atoms with van der Waals surface area (Å²) in [5.41, 5.74) is 3.48. The van der Waals surface area contributed by atoms with Gasteiger partial charge < -0.3 is 19.8 Å². The van der Waals surface area contributed by atoms with E-state index < -0.39 is 17.7 Å². The fourth-order valence-electron chi connectivity index (χ4n) is 4.61. The number of hydrogen-bond acceptors (Lipinski definition) is 6. The number of carbonyl (C=O) groups excluding carboxylic acids is 2. The average Bonchev–Trinajstić information content (AvgIpc) is 3.18. The second-order valence-electron chi connectivity index (χ2n) is 9.13. The first-order chi connectivity index (χ1) is 18.4. The molecule has 5 rings (SSSR count). The van der Waals surface area contributed by atoms with Gasteiger partial charge >= 0.3 is 0 Å². The van der Waals surface area contributed by atoms with Crippen LogP contribution in [0, 0.1) is 6.92 Å². The van der Waals surface area contributed by atoms with Gasteiger partial charge in [0.1, 0.15) is 23.9 Å². The van der Waals surface area contributed by atoms with E-state index in [4.69, 9.17) is 4.74 Å². The molecule has 1 aromatic heterocycles. The normalized spacial score (nSPS) is 16.6. The number of carbonyl (C=O) groups is 2. The third-order valence-corrected chi connectivity index (χ3v) is 6.53. The average molecular weight is 507 g/mol. The Hall–Kier alpha value is -4.91. The summed E-state index contributed by atoms with van der Waals surface area (Å²) in [6.45, 7) is 2.34. The van der Waals surface area contributed by atoms with Crippen molar-refractivity contribution in [2.75, 3.05) is 0 Å². The van der Waals surface area contributed by atoms with E-state index in [0.717, 1.165) is 11.1 Å². The van der Waals surface area contributed by atoms with Gasteiger partial charge in [0.25, 0.3) is 11.7 Å². The molecular weight excluding hydrogens is 480 g/mol. The van der Waals surface area contributed by atoms with E-state index in [-0.39, 0.29) is 23.6 Å². The van der Waals surface area contributed by atoms with Gasteiger partial charge in [-0.3, -0.25) is 14.6 Å². The number of aromatic hydroxyl groups is 1. The largest absolute Gasteiger partial charge is 0.508 e. The van der Waals surface area contributed by atoms with Crippen molar-refractivity contribution in [3.05, 3.63) is 131 Å². The molecule has 1 fully saturated rings. The highest BCUT2D eigenvalue weighted by Crippen LogP contribution is 2.41. The minimum absolute atomic E-state index is 0.00867. The van der Waals surface area contributed by atoms with Crippen LogP contribution < -0.4 is 4.74 Å². The smallest absolute Gasteiger partial charge is 0.295 e. The molecule has 0 bridgehead atoms. The number of aliphatic hydroxyl groups excluding tert-OH is 1. The molecule has 190 valence electrons. The zero-order valence-electron chi connectivity index (χ0n) is 20.7. The van der Waals surface area contributed by atoms with Crippen LogP contribution in [0.15, 0.2) is 103 Å². The van der Waals surface area contributed by atoms with E-state index in [1.165, 1.54) is 17.0 Å². The highest BCUT2D eigenvalue weighted by atomic mass is 16.5. The van der Waals surface area contributed by atoms with E-state index in [2.05, 4.69) is 4.98 Å². The van der Waals surface area contributed by atoms with Crippen molar-refractivity contribution in [3.63, 3.8) is 0 Å². The maximum atomic E-state index is 13.3. The number of Topliss-reactive ketones (excluding diaryl/α,β-unsaturated/α-hetero) is 1. The fraction of sp³-hybridized carbons (Fsp3) is 0.129. The van der Waals surface area contributed by atoms with Gasteiger partial charge in [0.2, 0.25) is 0 Å². The number of hydrogen-bond donors (Lipinski definition) is 2. The molecule has 2 N–H and O–H groups in total. The molecule has 7 nitrogen and oxygen atoms in total. The van der Waals surface area contributed by atoms with Crippen LogP contribution in [0.4, 0.5) is 0 Å². The number of aromatic nitrogens is 1. The molecule has 0 aliphatic carbocycles. The summed E-state index contributed by atoms with van der Waals surface area (Å²) in [4.78, 5) is 32.0. The van der Waals surface area contributed by atoms with E-state index >= 15 is 0 Å². The van der Waals surface area contributed by atoms with Crippen molar-refractivity contribution >= 4 is 17.4 Å². The lowest BCUT2D eigenvalue weighted by atomic mass is 9.93. The number of amides is 1. The van der Waals surface area contributed by atoms with Crippen molar-refractivity contribution in [2.24, 2.45) is 0 Å². The molecule has 0 spiro atoms. The lowest BCUT2D eigenvalue weighted by Crippen LogP contribution is -2.29. The first-order valence-corrected chi connectivity index (χ1v) is 12.2. The summed E-state index contributed by atoms with van der Waals surface area (Å²) in [5, 5.41) is 21.2. The van der Waals surface area contributed by atoms with Gasteiger partial charge in [0, 0.05) is 24.5 Å². The Kier molecular flexibility index (Phi) is 6.91. The molecule has 1 atom stereocenters. The number of aryl methyl sites for hydroxylation is 1. The first-order valence-electron chi connectivity index (χ1n) is 12.2. The minimum atomic E-state index is -0.843. The quantitative estimate of drug-likeness (QED) is 0.201. The molecule has 4 aromatic rings. The molecule has 7 heteroatoms. The first kappa shape index (κ1) is 24.8. The zero-order valence-corrected chi connectivity index (χ0v) is 20.7. The van der Waals surface area contributed by atoms with Crippen molar-refractivity contribution < 1.29 is 24.5 Å². The number of likely N-dealkylation sites (tertiary alicyclic amines) is 1. The van der Waals surface area contributed by atoms with Gasteiger partial charge in [-0.05, 0) is 65.6 Å². The molecule has 0 saturated carbocycles. The summed E-state index contributed by atoms with van der Waals surface area (Å²) in [5.74, 6) is -1.07. The summed E-state index contributed by atoms with van der Waals surface area (Å²) < 4.78 is 5.90. The van der Waals surface area contributed by atoms with Gasteiger partial charge in [0.15, 0.2) is 0 Å². The van der Waals surface area contributed by atoms with Crippen molar-refractivity contribution in [2.45, 2.75) is 26.1 Å². The monoisotopic (exact) mass is 506 g/mol. The number of benzene rings is 3. The lowest BCUT2D eigenvalue weighted by molar-refractivity contribution is -0.140. The molecule has 38 heavy (non-hydrogen) atoms. The van der Waals surface area contributed by atoms with Gasteiger partial charge in [-0.1, -0.05) is 48.5 Å². The SMILES string of the molecule is Cc1cc(OCc2ccccc2)ccc1/C(O)=C1\C(=O)C(=O)N(Cc2cccnc2)[C@@H]1c1ccc(O)cc1. The molecule has 0 unspecified atom stereocenters. The zero-order chi connectivity index (χ0) is 26.6. The number of ether oxygens (including phenoxy) is 1. The van der Waals surface area contributed by atoms with E-state index in [0.29, 0.717) is 29.0 Å². The standard InChI is InChI=1S/C31H26N2O5/c1-20-16-25(38-19-21-6-3-2-4-7-21)13-14-26(20)29(35)27-28(23-9-11-24(34)12-10-23)33(31(37)30(27)36)18-22-8-5-15-32-17-22/h2-17,28,34-35H,18-19H2,1H3/b29-27+/t28-/m1/s1. The van der Waals surface area contributed by atoms with Crippen LogP contribution >= 0.6 is 0 Å². The second-order valence-corrected chi connectivity index (χ2v) is 9.13. The van der Waals surface area contributed by atoms with Gasteiger partial charge in [0.05, 0.1) is 11.6 Å². The van der Waals surface area contributed by atoms with Crippen molar-refractivity contribution in [1.29, 1.82) is 0 Å². The number of phenolic OH excluding ortho intramolecular Hbond substituents is 1. The van der Waals surface area contributed by atoms with Crippen LogP contribution in [0.25, 0.3) is 5.76 Å². The summed E-state index contributed by atoms with van der Waals surface area (Å²) >= 11 is 0. The molecule has 1 aliphatic rings. The van der Waals surface area contributed by atoms with Crippen LogP contribution in [-0.4, -0.2) is 31.8 Å². The Balaban J connectivity index is 1.52. The third-order valence-electron chi connectivity index (χ3n) is 6.53. The number of nitrogens with zero attached hydrogens (tertiary/aromatic N) is 2. The molecule has 2 heterocycles. The Bertz CT molecular complexity index is 1500. The predicted octanol–water partition coefficient (Wildman–Crippen LogP) is 5.30. The van der Waals surface area contributed by atoms with Crippen LogP contribution in [0.1, 0.15) is 33.9 Å². The number of aliphatic hydroxyl groups is 1. The lowest BCUT2D eigenvalue weighted by Gasteiger charge is -2.25. The Labute approximate surface area is 220 Å². The highest BCUT2D eigenvalue weighted by Gasteiger charge is 2.46. The van der Waals surface area contributed by atoms with E-state index in [1.54, 1.807) is 48.8 Å². The fourth-order valence-corrected chi connectivity index (χ4v) is 4.61. The summed E-state index contributed by atoms with van der Waals surface area (Å²) in [6.07, 6.45) is 3.26. The highest BCUT2D eigenvalue weighted by molar-refractivity contribution is 6.46. The Morgan fingerprint density at radius 2 is 1.68 bits per heavy atom. The van der Waals surface area contributed by atoms with Gasteiger partial charge in [-0.2, -0.15) is 0 Å². The molecule has 1 aliphatic heterocycles. The molecule has 1 saturated heterocycles.